The average Bonchev–Trinajstić information content (AvgIpc) is 3.75. The number of aryl methyl sites for hydroxylation is 1. The number of rotatable bonds is 11. The summed E-state index contributed by atoms with van der Waals surface area (Å²) in [4.78, 5) is 16.6. The SMILES string of the molecule is COc1ccc(CN(Cc2ccc(OC)cc2)c2cc(C)c(C(F)(F)F)c(-c3c(Cl)cc4c(O)nc(OC[C@@]56C[C@@H](F)CN5CC5(CC5)C6)nc4c3F)n2)cc1. The molecule has 15 heteroatoms. The highest BCUT2D eigenvalue weighted by Gasteiger charge is 2.62. The van der Waals surface area contributed by atoms with Gasteiger partial charge in [0.25, 0.3) is 0 Å². The molecule has 0 amide bonds. The molecule has 0 radical (unpaired) electrons. The number of hydrogen-bond donors (Lipinski definition) is 1. The topological polar surface area (TPSA) is 93.1 Å². The Kier molecular flexibility index (Phi) is 9.63. The Bertz CT molecular complexity index is 2240. The van der Waals surface area contributed by atoms with Crippen LogP contribution in [-0.4, -0.2) is 70.6 Å². The Hall–Kier alpha value is -4.95. The highest BCUT2D eigenvalue weighted by molar-refractivity contribution is 6.34. The van der Waals surface area contributed by atoms with E-state index in [2.05, 4.69) is 19.9 Å². The van der Waals surface area contributed by atoms with Crippen LogP contribution in [0.3, 0.4) is 0 Å². The summed E-state index contributed by atoms with van der Waals surface area (Å²) in [5.74, 6) is -0.539. The van der Waals surface area contributed by atoms with Crippen molar-refractivity contribution in [2.75, 3.05) is 38.8 Å². The molecule has 1 saturated carbocycles. The van der Waals surface area contributed by atoms with Gasteiger partial charge in [0.2, 0.25) is 5.88 Å². The van der Waals surface area contributed by atoms with Crippen LogP contribution in [-0.2, 0) is 19.3 Å². The summed E-state index contributed by atoms with van der Waals surface area (Å²) in [7, 11) is 3.09. The molecule has 56 heavy (non-hydrogen) atoms. The monoisotopic (exact) mass is 795 g/mol. The van der Waals surface area contributed by atoms with Gasteiger partial charge in [-0.3, -0.25) is 4.90 Å². The maximum atomic E-state index is 16.9. The van der Waals surface area contributed by atoms with Crippen molar-refractivity contribution in [3.05, 3.63) is 93.8 Å². The quantitative estimate of drug-likeness (QED) is 0.132. The predicted octanol–water partition coefficient (Wildman–Crippen LogP) is 9.09. The van der Waals surface area contributed by atoms with Crippen molar-refractivity contribution in [2.45, 2.75) is 63.6 Å². The van der Waals surface area contributed by atoms with Gasteiger partial charge in [0.05, 0.1) is 47.0 Å². The molecule has 1 spiro atoms. The van der Waals surface area contributed by atoms with Crippen LogP contribution < -0.4 is 19.1 Å². The van der Waals surface area contributed by atoms with Gasteiger partial charge in [-0.15, -0.1) is 0 Å². The van der Waals surface area contributed by atoms with Gasteiger partial charge in [0, 0.05) is 32.6 Å². The molecule has 0 bridgehead atoms. The largest absolute Gasteiger partial charge is 0.497 e. The Labute approximate surface area is 325 Å². The van der Waals surface area contributed by atoms with Crippen LogP contribution in [0.1, 0.15) is 47.9 Å². The molecule has 1 aliphatic carbocycles. The van der Waals surface area contributed by atoms with E-state index in [-0.39, 0.29) is 54.8 Å². The first-order chi connectivity index (χ1) is 26.7. The normalized spacial score (nSPS) is 20.1. The number of methoxy groups -OCH3 is 2. The van der Waals surface area contributed by atoms with Crippen molar-refractivity contribution in [2.24, 2.45) is 5.41 Å². The van der Waals surface area contributed by atoms with E-state index in [1.54, 1.807) is 43.4 Å². The Morgan fingerprint density at radius 1 is 0.946 bits per heavy atom. The van der Waals surface area contributed by atoms with Gasteiger partial charge >= 0.3 is 12.2 Å². The van der Waals surface area contributed by atoms with Gasteiger partial charge in [-0.25, -0.2) is 13.8 Å². The van der Waals surface area contributed by atoms with Crippen molar-refractivity contribution < 1.29 is 41.3 Å². The Morgan fingerprint density at radius 2 is 1.57 bits per heavy atom. The molecule has 0 unspecified atom stereocenters. The first-order valence-corrected chi connectivity index (χ1v) is 18.6. The molecule has 9 nitrogen and oxygen atoms in total. The molecule has 3 aliphatic rings. The highest BCUT2D eigenvalue weighted by atomic mass is 35.5. The number of anilines is 1. The van der Waals surface area contributed by atoms with Crippen LogP contribution in [0.25, 0.3) is 22.2 Å². The van der Waals surface area contributed by atoms with Crippen LogP contribution in [0.4, 0.5) is 27.8 Å². The third kappa shape index (κ3) is 7.13. The maximum Gasteiger partial charge on any atom is 0.418 e. The van der Waals surface area contributed by atoms with Crippen LogP contribution in [0.2, 0.25) is 5.02 Å². The third-order valence-electron chi connectivity index (χ3n) is 11.3. The van der Waals surface area contributed by atoms with Crippen LogP contribution in [0.5, 0.6) is 23.4 Å². The number of halogens is 6. The summed E-state index contributed by atoms with van der Waals surface area (Å²) >= 11 is 6.61. The Balaban J connectivity index is 1.21. The minimum absolute atomic E-state index is 0.00141. The van der Waals surface area contributed by atoms with E-state index in [0.29, 0.717) is 11.5 Å². The van der Waals surface area contributed by atoms with E-state index in [4.69, 9.17) is 25.8 Å². The molecule has 3 aromatic carbocycles. The second kappa shape index (κ2) is 14.2. The van der Waals surface area contributed by atoms with E-state index in [1.165, 1.54) is 13.0 Å². The zero-order chi connectivity index (χ0) is 39.6. The lowest BCUT2D eigenvalue weighted by molar-refractivity contribution is -0.137. The molecule has 2 aromatic heterocycles. The third-order valence-corrected chi connectivity index (χ3v) is 11.6. The Morgan fingerprint density at radius 3 is 2.14 bits per heavy atom. The summed E-state index contributed by atoms with van der Waals surface area (Å²) in [5, 5.41) is 10.3. The van der Waals surface area contributed by atoms with Crippen molar-refractivity contribution in [3.8, 4) is 34.6 Å². The zero-order valence-electron chi connectivity index (χ0n) is 30.9. The van der Waals surface area contributed by atoms with E-state index in [1.807, 2.05) is 24.3 Å². The number of pyridine rings is 1. The molecule has 3 fully saturated rings. The molecule has 2 aliphatic heterocycles. The van der Waals surface area contributed by atoms with Crippen molar-refractivity contribution in [1.29, 1.82) is 0 Å². The number of nitrogens with zero attached hydrogens (tertiary/aromatic N) is 5. The molecule has 5 aromatic rings. The van der Waals surface area contributed by atoms with Gasteiger partial charge in [-0.2, -0.15) is 23.1 Å². The number of fused-ring (bicyclic) bond motifs is 2. The number of aromatic nitrogens is 3. The lowest BCUT2D eigenvalue weighted by Gasteiger charge is -2.30. The van der Waals surface area contributed by atoms with Crippen molar-refractivity contribution in [1.82, 2.24) is 19.9 Å². The van der Waals surface area contributed by atoms with Crippen molar-refractivity contribution in [3.63, 3.8) is 0 Å². The van der Waals surface area contributed by atoms with E-state index in [9.17, 15) is 22.7 Å². The van der Waals surface area contributed by atoms with Gasteiger partial charge in [0.15, 0.2) is 5.82 Å². The molecule has 2 saturated heterocycles. The minimum Gasteiger partial charge on any atom is -0.497 e. The highest BCUT2D eigenvalue weighted by Crippen LogP contribution is 2.61. The number of hydrogen-bond acceptors (Lipinski definition) is 9. The zero-order valence-corrected chi connectivity index (χ0v) is 31.6. The number of alkyl halides is 4. The van der Waals surface area contributed by atoms with E-state index >= 15 is 4.39 Å². The fourth-order valence-electron chi connectivity index (χ4n) is 8.44. The van der Waals surface area contributed by atoms with Crippen LogP contribution in [0.15, 0.2) is 60.7 Å². The number of benzene rings is 3. The van der Waals surface area contributed by atoms with Gasteiger partial charge in [-0.05, 0) is 84.7 Å². The lowest BCUT2D eigenvalue weighted by Crippen LogP contribution is -2.43. The van der Waals surface area contributed by atoms with E-state index in [0.717, 1.165) is 43.0 Å². The van der Waals surface area contributed by atoms with Gasteiger partial charge < -0.3 is 24.2 Å². The minimum atomic E-state index is -4.96. The van der Waals surface area contributed by atoms with Gasteiger partial charge in [-0.1, -0.05) is 35.9 Å². The summed E-state index contributed by atoms with van der Waals surface area (Å²) in [6.07, 6.45) is -2.88. The van der Waals surface area contributed by atoms with Crippen LogP contribution >= 0.6 is 11.6 Å². The number of ether oxygens (including phenoxy) is 3. The van der Waals surface area contributed by atoms with E-state index < -0.39 is 63.0 Å². The summed E-state index contributed by atoms with van der Waals surface area (Å²) in [6, 6.07) is 16.5. The second-order valence-electron chi connectivity index (χ2n) is 15.2. The number of aromatic hydroxyl groups is 1. The molecule has 8 rings (SSSR count). The first kappa shape index (κ1) is 37.9. The predicted molar refractivity (Wildman–Crippen MR) is 201 cm³/mol. The summed E-state index contributed by atoms with van der Waals surface area (Å²) in [5.41, 5.74) is -2.14. The first-order valence-electron chi connectivity index (χ1n) is 18.2. The lowest BCUT2D eigenvalue weighted by atomic mass is 9.89. The fourth-order valence-corrected chi connectivity index (χ4v) is 8.73. The molecular weight excluding hydrogens is 757 g/mol. The summed E-state index contributed by atoms with van der Waals surface area (Å²) in [6.45, 7) is 2.77. The fraction of sp³-hybridized carbons (Fsp3) is 0.390. The molecule has 4 heterocycles. The average molecular weight is 796 g/mol. The smallest absolute Gasteiger partial charge is 0.418 e. The molecular formula is C41H39ClF5N5O4. The van der Waals surface area contributed by atoms with Crippen molar-refractivity contribution >= 4 is 28.3 Å². The maximum absolute atomic E-state index is 16.9. The molecule has 2 atom stereocenters. The standard InChI is InChI=1S/C41H39ClF5N5O4/c1-23-14-31(51(17-24-4-8-27(54-2)9-5-24)18-25-6-10-28(55-3)11-7-25)48-36(33(23)41(45,46)47)32-30(42)15-29-35(34(32)44)49-38(50-37(29)53)56-22-40-16-26(43)19-52(40)21-39(20-40)12-13-39/h4-11,14-15,26H,12-13,16-22H2,1-3H3,(H,49,50,53)/t26-,40+/m1/s1. The summed E-state index contributed by atoms with van der Waals surface area (Å²) < 4.78 is 93.0. The molecule has 1 N–H and O–H groups in total. The van der Waals surface area contributed by atoms with Crippen LogP contribution in [0, 0.1) is 18.2 Å². The van der Waals surface area contributed by atoms with Gasteiger partial charge in [0.1, 0.15) is 35.6 Å². The second-order valence-corrected chi connectivity index (χ2v) is 15.6. The molecule has 294 valence electrons.